The van der Waals surface area contributed by atoms with Gasteiger partial charge < -0.3 is 40.3 Å². The van der Waals surface area contributed by atoms with Gasteiger partial charge >= 0.3 is 0 Å². The number of hydrogen-bond donors (Lipinski definition) is 6. The Kier molecular flexibility index (Phi) is 51.6. The van der Waals surface area contributed by atoms with Crippen molar-refractivity contribution in [3.8, 4) is 0 Å². The van der Waals surface area contributed by atoms with E-state index in [0.717, 1.165) is 38.5 Å². The minimum atomic E-state index is -1.57. The predicted octanol–water partition coefficient (Wildman–Crippen LogP) is 16.5. The quantitative estimate of drug-likeness (QED) is 0.0261. The highest BCUT2D eigenvalue weighted by Crippen LogP contribution is 2.23. The molecule has 1 aliphatic heterocycles. The van der Waals surface area contributed by atoms with Crippen LogP contribution in [0.3, 0.4) is 0 Å². The number of ether oxygens (including phenoxy) is 2. The molecule has 1 aliphatic rings. The van der Waals surface area contributed by atoms with E-state index in [9.17, 15) is 30.3 Å². The van der Waals surface area contributed by atoms with Crippen LogP contribution in [-0.2, 0) is 14.3 Å². The van der Waals surface area contributed by atoms with Gasteiger partial charge in [-0.05, 0) is 32.1 Å². The Balaban J connectivity index is 2.17. The van der Waals surface area contributed by atoms with E-state index in [1.807, 2.05) is 6.08 Å². The van der Waals surface area contributed by atoms with Crippen LogP contribution < -0.4 is 5.32 Å². The molecule has 73 heavy (non-hydrogen) atoms. The smallest absolute Gasteiger partial charge is 0.220 e. The van der Waals surface area contributed by atoms with Gasteiger partial charge in [0.1, 0.15) is 24.4 Å². The second-order valence-electron chi connectivity index (χ2n) is 22.6. The summed E-state index contributed by atoms with van der Waals surface area (Å²) in [6.07, 6.45) is 62.7. The van der Waals surface area contributed by atoms with Gasteiger partial charge in [-0.25, -0.2) is 0 Å². The number of hydrogen-bond acceptors (Lipinski definition) is 8. The molecule has 0 aromatic rings. The molecule has 1 heterocycles. The fraction of sp³-hybridized carbons (Fsp3) is 0.922. The summed E-state index contributed by atoms with van der Waals surface area (Å²) < 4.78 is 11.3. The highest BCUT2D eigenvalue weighted by molar-refractivity contribution is 5.76. The number of aliphatic hydroxyl groups is 5. The molecule has 0 spiro atoms. The number of carbonyl (C=O) groups is 1. The largest absolute Gasteiger partial charge is 0.394 e. The first-order chi connectivity index (χ1) is 35.8. The van der Waals surface area contributed by atoms with E-state index in [0.29, 0.717) is 6.42 Å². The average Bonchev–Trinajstić information content (AvgIpc) is 3.39. The first-order valence-electron chi connectivity index (χ1n) is 32.1. The van der Waals surface area contributed by atoms with E-state index < -0.39 is 49.5 Å². The Morgan fingerprint density at radius 2 is 0.781 bits per heavy atom. The number of aliphatic hydroxyl groups excluding tert-OH is 5. The summed E-state index contributed by atoms with van der Waals surface area (Å²) in [7, 11) is 0. The van der Waals surface area contributed by atoms with Crippen molar-refractivity contribution in [2.45, 2.75) is 365 Å². The summed E-state index contributed by atoms with van der Waals surface area (Å²) in [5, 5.41) is 54.6. The topological polar surface area (TPSA) is 149 Å². The molecule has 432 valence electrons. The van der Waals surface area contributed by atoms with Gasteiger partial charge in [-0.15, -0.1) is 0 Å². The molecule has 1 fully saturated rings. The Morgan fingerprint density at radius 3 is 1.15 bits per heavy atom. The molecular weight excluding hydrogens is 911 g/mol. The lowest BCUT2D eigenvalue weighted by atomic mass is 9.99. The molecule has 1 saturated heterocycles. The molecule has 1 rings (SSSR count). The molecule has 0 saturated carbocycles. The molecule has 0 radical (unpaired) electrons. The Hall–Kier alpha value is -1.33. The second-order valence-corrected chi connectivity index (χ2v) is 22.6. The van der Waals surface area contributed by atoms with Crippen molar-refractivity contribution in [3.05, 3.63) is 24.3 Å². The predicted molar refractivity (Wildman–Crippen MR) is 309 cm³/mol. The van der Waals surface area contributed by atoms with E-state index in [-0.39, 0.29) is 12.5 Å². The summed E-state index contributed by atoms with van der Waals surface area (Å²) in [6.45, 7) is 3.81. The van der Waals surface area contributed by atoms with Gasteiger partial charge in [0.15, 0.2) is 6.29 Å². The van der Waals surface area contributed by atoms with E-state index in [1.165, 1.54) is 263 Å². The van der Waals surface area contributed by atoms with Gasteiger partial charge in [0, 0.05) is 6.42 Å². The molecule has 1 amide bonds. The van der Waals surface area contributed by atoms with Gasteiger partial charge in [-0.1, -0.05) is 308 Å². The van der Waals surface area contributed by atoms with Crippen LogP contribution in [0.15, 0.2) is 24.3 Å². The lowest BCUT2D eigenvalue weighted by Crippen LogP contribution is -2.60. The molecule has 0 bridgehead atoms. The lowest BCUT2D eigenvalue weighted by Gasteiger charge is -2.40. The number of nitrogens with one attached hydrogen (secondary N) is 1. The zero-order valence-corrected chi connectivity index (χ0v) is 48.2. The molecule has 9 nitrogen and oxygen atoms in total. The number of unbranched alkanes of at least 4 members (excludes halogenated alkanes) is 44. The number of rotatable bonds is 56. The molecule has 7 atom stereocenters. The van der Waals surface area contributed by atoms with Crippen LogP contribution in [0.2, 0.25) is 0 Å². The van der Waals surface area contributed by atoms with Gasteiger partial charge in [0.05, 0.1) is 25.4 Å². The molecular formula is C64H123NO8. The zero-order valence-electron chi connectivity index (χ0n) is 48.2. The van der Waals surface area contributed by atoms with Gasteiger partial charge in [-0.3, -0.25) is 4.79 Å². The normalized spacial score (nSPS) is 19.1. The van der Waals surface area contributed by atoms with Crippen LogP contribution in [0.1, 0.15) is 322 Å². The van der Waals surface area contributed by atoms with Crippen molar-refractivity contribution in [1.82, 2.24) is 5.32 Å². The molecule has 6 N–H and O–H groups in total. The van der Waals surface area contributed by atoms with Crippen LogP contribution in [0.25, 0.3) is 0 Å². The second kappa shape index (κ2) is 54.0. The fourth-order valence-corrected chi connectivity index (χ4v) is 10.5. The Labute approximate surface area is 451 Å². The van der Waals surface area contributed by atoms with Crippen LogP contribution in [0.5, 0.6) is 0 Å². The van der Waals surface area contributed by atoms with E-state index in [2.05, 4.69) is 31.3 Å². The molecule has 7 unspecified atom stereocenters. The van der Waals surface area contributed by atoms with Crippen molar-refractivity contribution >= 4 is 5.91 Å². The highest BCUT2D eigenvalue weighted by Gasteiger charge is 2.44. The summed E-state index contributed by atoms with van der Waals surface area (Å²) in [4.78, 5) is 13.1. The number of allylic oxidation sites excluding steroid dienone is 3. The van der Waals surface area contributed by atoms with Crippen LogP contribution >= 0.6 is 0 Å². The third kappa shape index (κ3) is 43.4. The Morgan fingerprint density at radius 1 is 0.452 bits per heavy atom. The van der Waals surface area contributed by atoms with E-state index >= 15 is 0 Å². The monoisotopic (exact) mass is 1030 g/mol. The van der Waals surface area contributed by atoms with E-state index in [1.54, 1.807) is 6.08 Å². The maximum absolute atomic E-state index is 13.1. The zero-order chi connectivity index (χ0) is 52.9. The third-order valence-electron chi connectivity index (χ3n) is 15.5. The number of amides is 1. The maximum Gasteiger partial charge on any atom is 0.220 e. The summed E-state index contributed by atoms with van der Waals surface area (Å²) in [5.74, 6) is -0.180. The lowest BCUT2D eigenvalue weighted by molar-refractivity contribution is -0.302. The molecule has 0 aliphatic carbocycles. The standard InChI is InChI=1S/C64H123NO8/c1-3-5-7-9-11-13-15-17-19-21-23-24-25-26-27-28-29-30-31-32-33-34-36-37-39-41-43-45-47-49-51-53-58(67)57(56-72-64-63(71)62(70)61(69)59(55-66)73-64)65-60(68)54-52-50-48-46-44-42-40-38-35-22-20-18-16-14-12-10-8-6-4-2/h43,45,51,53,57-59,61-64,66-67,69-71H,3-42,44,46-50,52,54-56H2,1-2H3,(H,65,68)/b45-43+,53-51+. The Bertz CT molecular complexity index is 1200. The molecule has 0 aromatic heterocycles. The summed E-state index contributed by atoms with van der Waals surface area (Å²) in [6, 6.07) is -0.819. The van der Waals surface area contributed by atoms with Gasteiger partial charge in [-0.2, -0.15) is 0 Å². The minimum Gasteiger partial charge on any atom is -0.394 e. The SMILES string of the molecule is CCCCCCCCCCCCCCCCCCCCCCCCCCC/C=C/CC/C=C/C(O)C(COC1OC(CO)C(O)C(O)C1O)NC(=O)CCCCCCCCCCCCCCCCCCCCC. The molecule has 9 heteroatoms. The average molecular weight is 1030 g/mol. The van der Waals surface area contributed by atoms with Crippen molar-refractivity contribution in [3.63, 3.8) is 0 Å². The third-order valence-corrected chi connectivity index (χ3v) is 15.5. The first kappa shape index (κ1) is 69.7. The summed E-state index contributed by atoms with van der Waals surface area (Å²) in [5.41, 5.74) is 0. The summed E-state index contributed by atoms with van der Waals surface area (Å²) >= 11 is 0. The maximum atomic E-state index is 13.1. The number of carbonyl (C=O) groups excluding carboxylic acids is 1. The minimum absolute atomic E-state index is 0.180. The van der Waals surface area contributed by atoms with Crippen molar-refractivity contribution in [1.29, 1.82) is 0 Å². The van der Waals surface area contributed by atoms with Crippen LogP contribution in [-0.4, -0.2) is 87.5 Å². The van der Waals surface area contributed by atoms with Crippen LogP contribution in [0, 0.1) is 0 Å². The van der Waals surface area contributed by atoms with Gasteiger partial charge in [0.25, 0.3) is 0 Å². The van der Waals surface area contributed by atoms with Gasteiger partial charge in [0.2, 0.25) is 5.91 Å². The van der Waals surface area contributed by atoms with Crippen molar-refractivity contribution in [2.75, 3.05) is 13.2 Å². The van der Waals surface area contributed by atoms with Crippen LogP contribution in [0.4, 0.5) is 0 Å². The first-order valence-corrected chi connectivity index (χ1v) is 32.1. The molecule has 0 aromatic carbocycles. The van der Waals surface area contributed by atoms with Crippen molar-refractivity contribution < 1.29 is 39.8 Å². The van der Waals surface area contributed by atoms with E-state index in [4.69, 9.17) is 9.47 Å². The fourth-order valence-electron chi connectivity index (χ4n) is 10.5. The highest BCUT2D eigenvalue weighted by atomic mass is 16.7. The van der Waals surface area contributed by atoms with Crippen molar-refractivity contribution in [2.24, 2.45) is 0 Å².